The third kappa shape index (κ3) is 3.14. The summed E-state index contributed by atoms with van der Waals surface area (Å²) in [5, 5.41) is 7.42. The molecule has 1 unspecified atom stereocenters. The average molecular weight is 271 g/mol. The number of amides is 1. The summed E-state index contributed by atoms with van der Waals surface area (Å²) in [6, 6.07) is 0.304. The summed E-state index contributed by atoms with van der Waals surface area (Å²) in [6.07, 6.45) is 3.15. The van der Waals surface area contributed by atoms with E-state index in [0.29, 0.717) is 24.0 Å². The number of nitrogens with two attached hydrogens (primary N) is 1. The van der Waals surface area contributed by atoms with Crippen LogP contribution < -0.4 is 17.0 Å². The number of aromatic amines is 1. The van der Waals surface area contributed by atoms with Gasteiger partial charge in [-0.15, -0.1) is 5.10 Å². The van der Waals surface area contributed by atoms with Gasteiger partial charge in [0.2, 0.25) is 5.91 Å². The Bertz CT molecular complexity index is 479. The van der Waals surface area contributed by atoms with Crippen LogP contribution in [0.5, 0.6) is 0 Å². The van der Waals surface area contributed by atoms with Crippen molar-refractivity contribution in [2.24, 2.45) is 5.84 Å². The first-order valence-electron chi connectivity index (χ1n) is 5.95. The molecule has 7 nitrogen and oxygen atoms in total. The van der Waals surface area contributed by atoms with Crippen LogP contribution in [-0.4, -0.2) is 25.9 Å². The Kier molecular flexibility index (Phi) is 4.07. The van der Waals surface area contributed by atoms with Crippen LogP contribution in [0.4, 0.5) is 0 Å². The molecule has 1 aromatic rings. The number of nitrogens with one attached hydrogen (secondary N) is 2. The monoisotopic (exact) mass is 271 g/mol. The number of thioether (sulfide) groups is 1. The van der Waals surface area contributed by atoms with Gasteiger partial charge in [0.15, 0.2) is 5.16 Å². The lowest BCUT2D eigenvalue weighted by Gasteiger charge is -2.10. The van der Waals surface area contributed by atoms with Crippen LogP contribution in [0.1, 0.15) is 38.6 Å². The van der Waals surface area contributed by atoms with Gasteiger partial charge in [0.25, 0.3) is 0 Å². The second-order valence-electron chi connectivity index (χ2n) is 4.45. The molecule has 1 amide bonds. The number of carbonyl (C=O) groups is 1. The summed E-state index contributed by atoms with van der Waals surface area (Å²) in [5.74, 6) is 4.84. The van der Waals surface area contributed by atoms with Gasteiger partial charge in [-0.3, -0.25) is 14.8 Å². The van der Waals surface area contributed by atoms with Gasteiger partial charge < -0.3 is 0 Å². The highest BCUT2D eigenvalue weighted by Gasteiger charge is 2.29. The Morgan fingerprint density at radius 2 is 2.44 bits per heavy atom. The lowest BCUT2D eigenvalue weighted by molar-refractivity contribution is -0.121. The Labute approximate surface area is 108 Å². The lowest BCUT2D eigenvalue weighted by atomic mass is 10.2. The minimum Gasteiger partial charge on any atom is -0.294 e. The van der Waals surface area contributed by atoms with E-state index in [9.17, 15) is 9.59 Å². The van der Waals surface area contributed by atoms with E-state index in [2.05, 4.69) is 15.6 Å². The van der Waals surface area contributed by atoms with E-state index in [4.69, 9.17) is 5.84 Å². The van der Waals surface area contributed by atoms with Gasteiger partial charge in [-0.1, -0.05) is 18.7 Å². The van der Waals surface area contributed by atoms with Crippen molar-refractivity contribution in [1.82, 2.24) is 20.2 Å². The number of rotatable bonds is 6. The fourth-order valence-corrected chi connectivity index (χ4v) is 2.71. The first-order valence-corrected chi connectivity index (χ1v) is 6.82. The SMILES string of the molecule is CC(CCC(=O)NN)Sc1n[nH]c(=O)n1C1CC1. The Morgan fingerprint density at radius 3 is 3.06 bits per heavy atom. The molecular weight excluding hydrogens is 254 g/mol. The van der Waals surface area contributed by atoms with E-state index in [1.807, 2.05) is 6.92 Å². The van der Waals surface area contributed by atoms with Crippen molar-refractivity contribution >= 4 is 17.7 Å². The molecule has 18 heavy (non-hydrogen) atoms. The Hall–Kier alpha value is -1.28. The normalized spacial score (nSPS) is 16.6. The van der Waals surface area contributed by atoms with E-state index in [0.717, 1.165) is 12.8 Å². The molecule has 1 aliphatic carbocycles. The molecular formula is C10H17N5O2S. The molecule has 1 atom stereocenters. The van der Waals surface area contributed by atoms with Crippen LogP contribution in [0.25, 0.3) is 0 Å². The van der Waals surface area contributed by atoms with Crippen molar-refractivity contribution in [2.75, 3.05) is 0 Å². The predicted molar refractivity (Wildman–Crippen MR) is 68.0 cm³/mol. The molecule has 0 aliphatic heterocycles. The molecule has 0 bridgehead atoms. The number of hydrazine groups is 1. The minimum absolute atomic E-state index is 0.146. The van der Waals surface area contributed by atoms with Gasteiger partial charge in [-0.2, -0.15) is 0 Å². The molecule has 100 valence electrons. The lowest BCUT2D eigenvalue weighted by Crippen LogP contribution is -2.30. The molecule has 1 saturated carbocycles. The molecule has 0 spiro atoms. The van der Waals surface area contributed by atoms with Crippen molar-refractivity contribution in [3.8, 4) is 0 Å². The van der Waals surface area contributed by atoms with Crippen molar-refractivity contribution in [2.45, 2.75) is 49.1 Å². The van der Waals surface area contributed by atoms with Crippen molar-refractivity contribution in [3.05, 3.63) is 10.5 Å². The molecule has 0 radical (unpaired) electrons. The van der Waals surface area contributed by atoms with Crippen molar-refractivity contribution < 1.29 is 4.79 Å². The molecule has 2 rings (SSSR count). The van der Waals surface area contributed by atoms with Crippen LogP contribution in [0.2, 0.25) is 0 Å². The van der Waals surface area contributed by atoms with E-state index in [1.54, 1.807) is 4.57 Å². The van der Waals surface area contributed by atoms with Crippen LogP contribution in [0.3, 0.4) is 0 Å². The predicted octanol–water partition coefficient (Wildman–Crippen LogP) is 0.157. The summed E-state index contributed by atoms with van der Waals surface area (Å²) in [5.41, 5.74) is 1.96. The molecule has 1 aromatic heterocycles. The molecule has 8 heteroatoms. The van der Waals surface area contributed by atoms with E-state index in [-0.39, 0.29) is 16.8 Å². The number of aromatic nitrogens is 3. The molecule has 1 fully saturated rings. The first-order chi connectivity index (χ1) is 8.61. The van der Waals surface area contributed by atoms with Crippen LogP contribution >= 0.6 is 11.8 Å². The molecule has 1 heterocycles. The van der Waals surface area contributed by atoms with Crippen molar-refractivity contribution in [3.63, 3.8) is 0 Å². The van der Waals surface area contributed by atoms with Gasteiger partial charge in [0.1, 0.15) is 0 Å². The quantitative estimate of drug-likeness (QED) is 0.296. The average Bonchev–Trinajstić information content (AvgIpc) is 3.12. The Balaban J connectivity index is 1.92. The first kappa shape index (κ1) is 13.2. The van der Waals surface area contributed by atoms with E-state index >= 15 is 0 Å². The summed E-state index contributed by atoms with van der Waals surface area (Å²) in [6.45, 7) is 2.00. The molecule has 4 N–H and O–H groups in total. The van der Waals surface area contributed by atoms with Crippen LogP contribution in [0, 0.1) is 0 Å². The highest BCUT2D eigenvalue weighted by atomic mass is 32.2. The number of nitrogens with zero attached hydrogens (tertiary/aromatic N) is 2. The largest absolute Gasteiger partial charge is 0.344 e. The number of hydrogen-bond donors (Lipinski definition) is 3. The second-order valence-corrected chi connectivity index (χ2v) is 5.85. The van der Waals surface area contributed by atoms with Gasteiger partial charge in [0, 0.05) is 17.7 Å². The summed E-state index contributed by atoms with van der Waals surface area (Å²) < 4.78 is 1.71. The standard InChI is InChI=1S/C10H17N5O2S/c1-6(2-5-8(16)12-11)18-10-14-13-9(17)15(10)7-3-4-7/h6-7H,2-5,11H2,1H3,(H,12,16)(H,13,17). The molecule has 1 aliphatic rings. The zero-order valence-electron chi connectivity index (χ0n) is 10.2. The fourth-order valence-electron chi connectivity index (χ4n) is 1.67. The molecule has 0 saturated heterocycles. The van der Waals surface area contributed by atoms with Gasteiger partial charge in [-0.05, 0) is 19.3 Å². The number of H-pyrrole nitrogens is 1. The molecule has 0 aromatic carbocycles. The van der Waals surface area contributed by atoms with Gasteiger partial charge in [0.05, 0.1) is 0 Å². The number of carbonyl (C=O) groups excluding carboxylic acids is 1. The van der Waals surface area contributed by atoms with Crippen LogP contribution in [-0.2, 0) is 4.79 Å². The highest BCUT2D eigenvalue weighted by Crippen LogP contribution is 2.37. The minimum atomic E-state index is -0.177. The highest BCUT2D eigenvalue weighted by molar-refractivity contribution is 7.99. The summed E-state index contributed by atoms with van der Waals surface area (Å²) in [4.78, 5) is 22.6. The summed E-state index contributed by atoms with van der Waals surface area (Å²) in [7, 11) is 0. The third-order valence-corrected chi connectivity index (χ3v) is 3.97. The summed E-state index contributed by atoms with van der Waals surface area (Å²) >= 11 is 1.51. The second kappa shape index (κ2) is 5.57. The Morgan fingerprint density at radius 1 is 1.72 bits per heavy atom. The fraction of sp³-hybridized carbons (Fsp3) is 0.700. The maximum absolute atomic E-state index is 11.6. The number of hydrogen-bond acceptors (Lipinski definition) is 5. The third-order valence-electron chi connectivity index (χ3n) is 2.83. The van der Waals surface area contributed by atoms with Gasteiger partial charge in [-0.25, -0.2) is 15.7 Å². The zero-order valence-corrected chi connectivity index (χ0v) is 11.0. The maximum atomic E-state index is 11.6. The maximum Gasteiger partial charge on any atom is 0.344 e. The van der Waals surface area contributed by atoms with Gasteiger partial charge >= 0.3 is 5.69 Å². The topological polar surface area (TPSA) is 106 Å². The smallest absolute Gasteiger partial charge is 0.294 e. The van der Waals surface area contributed by atoms with E-state index < -0.39 is 0 Å². The van der Waals surface area contributed by atoms with Crippen LogP contribution in [0.15, 0.2) is 9.95 Å². The zero-order chi connectivity index (χ0) is 13.1. The van der Waals surface area contributed by atoms with Crippen molar-refractivity contribution in [1.29, 1.82) is 0 Å². The van der Waals surface area contributed by atoms with E-state index in [1.165, 1.54) is 11.8 Å².